The summed E-state index contributed by atoms with van der Waals surface area (Å²) in [6.45, 7) is 32.0. The highest BCUT2D eigenvalue weighted by molar-refractivity contribution is 6.74. The minimum Gasteiger partial charge on any atom is -0.411 e. The van der Waals surface area contributed by atoms with Crippen LogP contribution in [0.1, 0.15) is 61.3 Å². The SMILES string of the molecule is CC1(O[Si](C)(C)C)[C@H](O[Si](C)(C)C(C)(C)C)CC(=CCO)C[C@H]1O[Si](C)(C)C(C)(C)C. The predicted octanol–water partition coefficient (Wildman–Crippen LogP) is 7.09. The number of hydrogen-bond acceptors (Lipinski definition) is 4. The molecule has 0 amide bonds. The van der Waals surface area contributed by atoms with Gasteiger partial charge >= 0.3 is 0 Å². The molecule has 0 aliphatic heterocycles. The fourth-order valence-corrected chi connectivity index (χ4v) is 7.99. The van der Waals surface area contributed by atoms with Gasteiger partial charge in [0.2, 0.25) is 0 Å². The van der Waals surface area contributed by atoms with E-state index in [4.69, 9.17) is 13.3 Å². The van der Waals surface area contributed by atoms with Crippen LogP contribution in [0, 0.1) is 0 Å². The molecule has 0 aromatic heterocycles. The molecule has 2 atom stereocenters. The fraction of sp³-hybridized carbons (Fsp3) is 0.917. The highest BCUT2D eigenvalue weighted by atomic mass is 28.4. The van der Waals surface area contributed by atoms with E-state index in [1.54, 1.807) is 0 Å². The van der Waals surface area contributed by atoms with Crippen LogP contribution in [0.4, 0.5) is 0 Å². The summed E-state index contributed by atoms with van der Waals surface area (Å²) >= 11 is 0. The summed E-state index contributed by atoms with van der Waals surface area (Å²) in [4.78, 5) is 0. The number of aliphatic hydroxyl groups is 1. The van der Waals surface area contributed by atoms with E-state index in [1.807, 2.05) is 6.08 Å². The van der Waals surface area contributed by atoms with Gasteiger partial charge in [-0.3, -0.25) is 0 Å². The number of rotatable bonds is 7. The maximum Gasteiger partial charge on any atom is 0.192 e. The molecule has 1 N–H and O–H groups in total. The van der Waals surface area contributed by atoms with Crippen molar-refractivity contribution in [3.05, 3.63) is 11.6 Å². The molecular weight excluding hydrogens is 437 g/mol. The molecule has 1 fully saturated rings. The van der Waals surface area contributed by atoms with Crippen LogP contribution in [0.5, 0.6) is 0 Å². The van der Waals surface area contributed by atoms with Crippen molar-refractivity contribution in [3.63, 3.8) is 0 Å². The van der Waals surface area contributed by atoms with E-state index in [1.165, 1.54) is 5.57 Å². The third-order valence-corrected chi connectivity index (χ3v) is 17.6. The molecule has 31 heavy (non-hydrogen) atoms. The zero-order valence-electron chi connectivity index (χ0n) is 23.0. The molecule has 0 radical (unpaired) electrons. The standard InChI is InChI=1S/C24H52O4Si3/c1-22(2,3)30(11,12)26-20-17-19(15-16-25)18-21(24(20,7)28-29(8,9)10)27-31(13,14)23(4,5)6/h15,20-21,25H,16-18H2,1-14H3/t20-,21-,24?/m1/s1. The zero-order valence-corrected chi connectivity index (χ0v) is 26.0. The van der Waals surface area contributed by atoms with Crippen LogP contribution >= 0.6 is 0 Å². The molecule has 0 spiro atoms. The molecule has 0 aromatic carbocycles. The van der Waals surface area contributed by atoms with E-state index < -0.39 is 30.6 Å². The second-order valence-corrected chi connectivity index (χ2v) is 27.5. The van der Waals surface area contributed by atoms with Crippen LogP contribution in [-0.2, 0) is 13.3 Å². The lowest BCUT2D eigenvalue weighted by molar-refractivity contribution is -0.122. The third-order valence-electron chi connectivity index (χ3n) is 7.57. The smallest absolute Gasteiger partial charge is 0.192 e. The Hall–Kier alpha value is 0.231. The first-order chi connectivity index (χ1) is 13.6. The minimum absolute atomic E-state index is 0.0561. The summed E-state index contributed by atoms with van der Waals surface area (Å²) in [5.74, 6) is 0. The highest BCUT2D eigenvalue weighted by Gasteiger charge is 2.55. The van der Waals surface area contributed by atoms with Crippen molar-refractivity contribution in [2.45, 2.75) is 135 Å². The second kappa shape index (κ2) is 9.47. The topological polar surface area (TPSA) is 47.9 Å². The average molecular weight is 489 g/mol. The lowest BCUT2D eigenvalue weighted by atomic mass is 9.78. The number of hydrogen-bond donors (Lipinski definition) is 1. The second-order valence-electron chi connectivity index (χ2n) is 13.6. The highest BCUT2D eigenvalue weighted by Crippen LogP contribution is 2.48. The van der Waals surface area contributed by atoms with Crippen molar-refractivity contribution in [1.82, 2.24) is 0 Å². The molecule has 0 unspecified atom stereocenters. The summed E-state index contributed by atoms with van der Waals surface area (Å²) in [6, 6.07) is 0. The quantitative estimate of drug-likeness (QED) is 0.307. The Morgan fingerprint density at radius 2 is 1.19 bits per heavy atom. The van der Waals surface area contributed by atoms with Gasteiger partial charge < -0.3 is 18.4 Å². The van der Waals surface area contributed by atoms with Crippen molar-refractivity contribution < 1.29 is 18.4 Å². The molecule has 1 rings (SSSR count). The lowest BCUT2D eigenvalue weighted by Gasteiger charge is -2.55. The number of aliphatic hydroxyl groups excluding tert-OH is 1. The van der Waals surface area contributed by atoms with Crippen LogP contribution in [0.25, 0.3) is 0 Å². The van der Waals surface area contributed by atoms with Crippen molar-refractivity contribution >= 4 is 25.0 Å². The predicted molar refractivity (Wildman–Crippen MR) is 141 cm³/mol. The van der Waals surface area contributed by atoms with Gasteiger partial charge in [-0.2, -0.15) is 0 Å². The Bertz CT molecular complexity index is 597. The molecule has 1 aliphatic carbocycles. The molecule has 0 heterocycles. The van der Waals surface area contributed by atoms with Crippen LogP contribution in [0.15, 0.2) is 11.6 Å². The molecule has 0 saturated heterocycles. The largest absolute Gasteiger partial charge is 0.411 e. The molecule has 1 aliphatic rings. The van der Waals surface area contributed by atoms with E-state index in [-0.39, 0.29) is 28.9 Å². The van der Waals surface area contributed by atoms with Gasteiger partial charge in [0.25, 0.3) is 0 Å². The van der Waals surface area contributed by atoms with Crippen molar-refractivity contribution in [3.8, 4) is 0 Å². The van der Waals surface area contributed by atoms with E-state index in [2.05, 4.69) is 94.3 Å². The fourth-order valence-electron chi connectivity index (χ4n) is 3.64. The Labute approximate surface area is 196 Å². The Balaban J connectivity index is 3.54. The van der Waals surface area contributed by atoms with Crippen LogP contribution < -0.4 is 0 Å². The van der Waals surface area contributed by atoms with E-state index >= 15 is 0 Å². The van der Waals surface area contributed by atoms with Gasteiger partial charge in [-0.1, -0.05) is 53.2 Å². The summed E-state index contributed by atoms with van der Waals surface area (Å²) in [6.07, 6.45) is 3.39. The average Bonchev–Trinajstić information content (AvgIpc) is 2.48. The van der Waals surface area contributed by atoms with Crippen molar-refractivity contribution in [2.75, 3.05) is 6.61 Å². The Kier molecular flexibility index (Phi) is 8.94. The summed E-state index contributed by atoms with van der Waals surface area (Å²) < 4.78 is 21.1. The normalized spacial score (nSPS) is 26.9. The van der Waals surface area contributed by atoms with E-state index in [0.29, 0.717) is 0 Å². The maximum absolute atomic E-state index is 9.67. The molecule has 184 valence electrons. The van der Waals surface area contributed by atoms with Gasteiger partial charge in [-0.05, 0) is 75.7 Å². The van der Waals surface area contributed by atoms with Crippen molar-refractivity contribution in [2.24, 2.45) is 0 Å². The summed E-state index contributed by atoms with van der Waals surface area (Å²) in [5, 5.41) is 9.89. The Morgan fingerprint density at radius 1 is 0.839 bits per heavy atom. The molecule has 0 bridgehead atoms. The first-order valence-corrected chi connectivity index (χ1v) is 21.1. The van der Waals surface area contributed by atoms with Crippen LogP contribution in [-0.4, -0.2) is 54.5 Å². The van der Waals surface area contributed by atoms with Gasteiger partial charge in [-0.15, -0.1) is 0 Å². The van der Waals surface area contributed by atoms with Gasteiger partial charge in [-0.25, -0.2) is 0 Å². The summed E-state index contributed by atoms with van der Waals surface area (Å²) in [7, 11) is -5.95. The lowest BCUT2D eigenvalue weighted by Crippen LogP contribution is -2.65. The first-order valence-electron chi connectivity index (χ1n) is 11.9. The molecule has 1 saturated carbocycles. The zero-order chi connectivity index (χ0) is 24.7. The van der Waals surface area contributed by atoms with Gasteiger partial charge in [0, 0.05) is 0 Å². The van der Waals surface area contributed by atoms with E-state index in [0.717, 1.165) is 12.8 Å². The van der Waals surface area contributed by atoms with Crippen molar-refractivity contribution in [1.29, 1.82) is 0 Å². The Morgan fingerprint density at radius 3 is 1.45 bits per heavy atom. The molecule has 4 nitrogen and oxygen atoms in total. The minimum atomic E-state index is -2.03. The van der Waals surface area contributed by atoms with Crippen LogP contribution in [0.2, 0.25) is 55.9 Å². The van der Waals surface area contributed by atoms with Crippen LogP contribution in [0.3, 0.4) is 0 Å². The first kappa shape index (κ1) is 29.3. The van der Waals surface area contributed by atoms with Gasteiger partial charge in [0.1, 0.15) is 5.60 Å². The third kappa shape index (κ3) is 7.36. The van der Waals surface area contributed by atoms with Gasteiger partial charge in [0.05, 0.1) is 18.8 Å². The monoisotopic (exact) mass is 488 g/mol. The molecular formula is C24H52O4Si3. The molecule has 0 aromatic rings. The van der Waals surface area contributed by atoms with E-state index in [9.17, 15) is 5.11 Å². The molecule has 7 heteroatoms. The summed E-state index contributed by atoms with van der Waals surface area (Å²) in [5.41, 5.74) is 0.717. The maximum atomic E-state index is 9.67. The van der Waals surface area contributed by atoms with Gasteiger partial charge in [0.15, 0.2) is 25.0 Å².